The van der Waals surface area contributed by atoms with Gasteiger partial charge in [0.15, 0.2) is 0 Å². The van der Waals surface area contributed by atoms with Crippen LogP contribution >= 0.6 is 0 Å². The van der Waals surface area contributed by atoms with Gasteiger partial charge in [0.05, 0.1) is 0 Å². The fourth-order valence-electron chi connectivity index (χ4n) is 3.37. The van der Waals surface area contributed by atoms with Crippen LogP contribution in [0.4, 0.5) is 0 Å². The Labute approximate surface area is 116 Å². The third kappa shape index (κ3) is 4.37. The van der Waals surface area contributed by atoms with Crippen LogP contribution in [0.1, 0.15) is 64.7 Å². The highest BCUT2D eigenvalue weighted by Crippen LogP contribution is 2.48. The second-order valence-corrected chi connectivity index (χ2v) is 6.69. The van der Waals surface area contributed by atoms with E-state index in [1.54, 1.807) is 0 Å². The standard InChI is InChI=1S/C15H29N3O/c1-12(13-6-4-2-3-5-7-13)17-11-15(8-9-15)10-14(16)18-19/h12-13,17,19H,2-11H2,1H3,(H2,16,18)/t12-/m1/s1. The molecule has 19 heavy (non-hydrogen) atoms. The third-order valence-electron chi connectivity index (χ3n) is 5.05. The van der Waals surface area contributed by atoms with Crippen molar-refractivity contribution in [3.05, 3.63) is 0 Å². The molecule has 2 aliphatic carbocycles. The van der Waals surface area contributed by atoms with Gasteiger partial charge in [0.1, 0.15) is 5.84 Å². The minimum absolute atomic E-state index is 0.273. The molecule has 0 heterocycles. The van der Waals surface area contributed by atoms with Gasteiger partial charge < -0.3 is 16.3 Å². The van der Waals surface area contributed by atoms with E-state index in [0.717, 1.165) is 18.9 Å². The van der Waals surface area contributed by atoms with Crippen molar-refractivity contribution in [2.75, 3.05) is 6.54 Å². The molecule has 0 spiro atoms. The van der Waals surface area contributed by atoms with E-state index in [4.69, 9.17) is 10.9 Å². The fraction of sp³-hybridized carbons (Fsp3) is 0.933. The molecule has 4 nitrogen and oxygen atoms in total. The first-order valence-corrected chi connectivity index (χ1v) is 7.85. The van der Waals surface area contributed by atoms with Crippen molar-refractivity contribution < 1.29 is 5.21 Å². The van der Waals surface area contributed by atoms with Gasteiger partial charge in [-0.1, -0.05) is 30.8 Å². The van der Waals surface area contributed by atoms with E-state index in [0.29, 0.717) is 11.9 Å². The van der Waals surface area contributed by atoms with Crippen LogP contribution < -0.4 is 11.1 Å². The topological polar surface area (TPSA) is 70.6 Å². The number of nitrogens with one attached hydrogen (secondary N) is 1. The molecule has 0 bridgehead atoms. The predicted octanol–water partition coefficient (Wildman–Crippen LogP) is 2.85. The molecular formula is C15H29N3O. The van der Waals surface area contributed by atoms with Gasteiger partial charge in [0.2, 0.25) is 0 Å². The van der Waals surface area contributed by atoms with Crippen LogP contribution in [0.3, 0.4) is 0 Å². The van der Waals surface area contributed by atoms with Crippen molar-refractivity contribution in [3.63, 3.8) is 0 Å². The van der Waals surface area contributed by atoms with Crippen molar-refractivity contribution in [1.29, 1.82) is 0 Å². The molecule has 0 unspecified atom stereocenters. The molecule has 2 fully saturated rings. The molecule has 2 rings (SSSR count). The minimum atomic E-state index is 0.273. The number of amidine groups is 1. The van der Waals surface area contributed by atoms with E-state index in [9.17, 15) is 0 Å². The molecule has 110 valence electrons. The van der Waals surface area contributed by atoms with Gasteiger partial charge in [0.25, 0.3) is 0 Å². The van der Waals surface area contributed by atoms with Crippen LogP contribution in [0.15, 0.2) is 5.16 Å². The first kappa shape index (κ1) is 14.6. The smallest absolute Gasteiger partial charge is 0.139 e. The molecule has 0 radical (unpaired) electrons. The number of hydrogen-bond acceptors (Lipinski definition) is 3. The van der Waals surface area contributed by atoms with E-state index in [-0.39, 0.29) is 5.41 Å². The average molecular weight is 267 g/mol. The highest BCUT2D eigenvalue weighted by atomic mass is 16.4. The molecule has 2 saturated carbocycles. The quantitative estimate of drug-likeness (QED) is 0.228. The maximum atomic E-state index is 8.68. The normalized spacial score (nSPS) is 25.8. The van der Waals surface area contributed by atoms with Crippen LogP contribution in [-0.2, 0) is 0 Å². The monoisotopic (exact) mass is 267 g/mol. The van der Waals surface area contributed by atoms with E-state index in [1.165, 1.54) is 51.4 Å². The average Bonchev–Trinajstić information content (AvgIpc) is 3.20. The number of hydrogen-bond donors (Lipinski definition) is 3. The van der Waals surface area contributed by atoms with Gasteiger partial charge in [-0.3, -0.25) is 0 Å². The maximum absolute atomic E-state index is 8.68. The van der Waals surface area contributed by atoms with Crippen LogP contribution in [0, 0.1) is 11.3 Å². The highest BCUT2D eigenvalue weighted by Gasteiger charge is 2.43. The first-order chi connectivity index (χ1) is 9.15. The molecule has 0 aliphatic heterocycles. The lowest BCUT2D eigenvalue weighted by Crippen LogP contribution is -2.38. The Hall–Kier alpha value is -0.770. The Balaban J connectivity index is 1.75. The molecular weight excluding hydrogens is 238 g/mol. The third-order valence-corrected chi connectivity index (χ3v) is 5.05. The Morgan fingerprint density at radius 2 is 1.95 bits per heavy atom. The van der Waals surface area contributed by atoms with Crippen molar-refractivity contribution in [3.8, 4) is 0 Å². The van der Waals surface area contributed by atoms with Crippen molar-refractivity contribution >= 4 is 5.84 Å². The zero-order valence-corrected chi connectivity index (χ0v) is 12.2. The Morgan fingerprint density at radius 1 is 1.32 bits per heavy atom. The van der Waals surface area contributed by atoms with Crippen molar-refractivity contribution in [2.45, 2.75) is 70.8 Å². The summed E-state index contributed by atoms with van der Waals surface area (Å²) in [4.78, 5) is 0. The SMILES string of the molecule is C[C@@H](NCC1(CC(N)=NO)CC1)C1CCCCCC1. The number of nitrogens with zero attached hydrogens (tertiary/aromatic N) is 1. The lowest BCUT2D eigenvalue weighted by molar-refractivity contribution is 0.304. The molecule has 0 saturated heterocycles. The first-order valence-electron chi connectivity index (χ1n) is 7.85. The fourth-order valence-corrected chi connectivity index (χ4v) is 3.37. The van der Waals surface area contributed by atoms with E-state index < -0.39 is 0 Å². The Bertz CT molecular complexity index is 305. The largest absolute Gasteiger partial charge is 0.409 e. The van der Waals surface area contributed by atoms with Gasteiger partial charge in [0, 0.05) is 19.0 Å². The highest BCUT2D eigenvalue weighted by molar-refractivity contribution is 5.80. The minimum Gasteiger partial charge on any atom is -0.409 e. The van der Waals surface area contributed by atoms with E-state index >= 15 is 0 Å². The number of nitrogens with two attached hydrogens (primary N) is 1. The lowest BCUT2D eigenvalue weighted by atomic mass is 9.92. The summed E-state index contributed by atoms with van der Waals surface area (Å²) in [6, 6.07) is 0.600. The molecule has 0 amide bonds. The molecule has 0 aromatic heterocycles. The van der Waals surface area contributed by atoms with Gasteiger partial charge in [-0.05, 0) is 43.9 Å². The van der Waals surface area contributed by atoms with E-state index in [1.807, 2.05) is 0 Å². The second-order valence-electron chi connectivity index (χ2n) is 6.69. The number of rotatable bonds is 6. The van der Waals surface area contributed by atoms with Crippen molar-refractivity contribution in [1.82, 2.24) is 5.32 Å². The zero-order chi connectivity index (χ0) is 13.7. The lowest BCUT2D eigenvalue weighted by Gasteiger charge is -2.26. The molecule has 0 aromatic rings. The molecule has 1 atom stereocenters. The van der Waals surface area contributed by atoms with E-state index in [2.05, 4.69) is 17.4 Å². The summed E-state index contributed by atoms with van der Waals surface area (Å²) >= 11 is 0. The predicted molar refractivity (Wildman–Crippen MR) is 78.3 cm³/mol. The van der Waals surface area contributed by atoms with Crippen LogP contribution in [0.25, 0.3) is 0 Å². The zero-order valence-electron chi connectivity index (χ0n) is 12.2. The second kappa shape index (κ2) is 6.60. The summed E-state index contributed by atoms with van der Waals surface area (Å²) in [5.74, 6) is 1.21. The van der Waals surface area contributed by atoms with Gasteiger partial charge in [-0.15, -0.1) is 0 Å². The summed E-state index contributed by atoms with van der Waals surface area (Å²) in [6.45, 7) is 3.34. The molecule has 0 aromatic carbocycles. The van der Waals surface area contributed by atoms with Crippen molar-refractivity contribution in [2.24, 2.45) is 22.2 Å². The van der Waals surface area contributed by atoms with Crippen LogP contribution in [0.5, 0.6) is 0 Å². The molecule has 2 aliphatic rings. The van der Waals surface area contributed by atoms with Gasteiger partial charge >= 0.3 is 0 Å². The summed E-state index contributed by atoms with van der Waals surface area (Å²) < 4.78 is 0. The maximum Gasteiger partial charge on any atom is 0.139 e. The van der Waals surface area contributed by atoms with Gasteiger partial charge in [-0.25, -0.2) is 0 Å². The summed E-state index contributed by atoms with van der Waals surface area (Å²) in [6.07, 6.45) is 11.5. The molecule has 4 N–H and O–H groups in total. The summed E-state index contributed by atoms with van der Waals surface area (Å²) in [5.41, 5.74) is 5.91. The summed E-state index contributed by atoms with van der Waals surface area (Å²) in [7, 11) is 0. The Kier molecular flexibility index (Phi) is 5.08. The summed E-state index contributed by atoms with van der Waals surface area (Å²) in [5, 5.41) is 15.5. The van der Waals surface area contributed by atoms with Crippen LogP contribution in [0.2, 0.25) is 0 Å². The van der Waals surface area contributed by atoms with Crippen LogP contribution in [-0.4, -0.2) is 23.6 Å². The Morgan fingerprint density at radius 3 is 2.47 bits per heavy atom. The number of oxime groups is 1. The molecule has 4 heteroatoms. The van der Waals surface area contributed by atoms with Gasteiger partial charge in [-0.2, -0.15) is 0 Å².